The highest BCUT2D eigenvalue weighted by atomic mass is 16.7. The number of nitrogens with zero attached hydrogens (tertiary/aromatic N) is 3. The van der Waals surface area contributed by atoms with Crippen LogP contribution in [-0.4, -0.2) is 62.3 Å². The first-order valence-electron chi connectivity index (χ1n) is 9.56. The quantitative estimate of drug-likeness (QED) is 0.396. The predicted octanol–water partition coefficient (Wildman–Crippen LogP) is 2.20. The topological polar surface area (TPSA) is 139 Å². The lowest BCUT2D eigenvalue weighted by Crippen LogP contribution is -2.16. The summed E-state index contributed by atoms with van der Waals surface area (Å²) in [5, 5.41) is 17.6. The second kappa shape index (κ2) is 10.6. The Bertz CT molecular complexity index is 880. The largest absolute Gasteiger partial charge is 0.493 e. The van der Waals surface area contributed by atoms with Gasteiger partial charge in [0.05, 0.1) is 39.5 Å². The molecule has 0 atom stereocenters. The molecule has 0 aliphatic carbocycles. The summed E-state index contributed by atoms with van der Waals surface area (Å²) in [6.07, 6.45) is 1.48. The average molecular weight is 435 g/mol. The van der Waals surface area contributed by atoms with Crippen molar-refractivity contribution < 1.29 is 28.6 Å². The summed E-state index contributed by atoms with van der Waals surface area (Å²) in [6, 6.07) is 3.50. The summed E-state index contributed by atoms with van der Waals surface area (Å²) in [7, 11) is 4.55. The van der Waals surface area contributed by atoms with Gasteiger partial charge in [0.1, 0.15) is 6.33 Å². The Morgan fingerprint density at radius 3 is 2.23 bits per heavy atom. The van der Waals surface area contributed by atoms with Crippen molar-refractivity contribution in [2.45, 2.75) is 19.3 Å². The van der Waals surface area contributed by atoms with E-state index in [1.807, 2.05) is 0 Å². The Balaban J connectivity index is 1.74. The lowest BCUT2D eigenvalue weighted by atomic mass is 10.1. The van der Waals surface area contributed by atoms with Crippen molar-refractivity contribution in [1.29, 1.82) is 0 Å². The van der Waals surface area contributed by atoms with Gasteiger partial charge in [-0.2, -0.15) is 0 Å². The number of ether oxygens (including phenoxy) is 5. The van der Waals surface area contributed by atoms with Gasteiger partial charge in [-0.05, 0) is 17.7 Å². The monoisotopic (exact) mass is 435 g/mol. The van der Waals surface area contributed by atoms with Gasteiger partial charge in [0, 0.05) is 19.5 Å². The van der Waals surface area contributed by atoms with Crippen LogP contribution < -0.4 is 24.8 Å². The van der Waals surface area contributed by atoms with E-state index in [2.05, 4.69) is 20.6 Å². The van der Waals surface area contributed by atoms with E-state index in [-0.39, 0.29) is 30.2 Å². The molecule has 0 unspecified atom stereocenters. The van der Waals surface area contributed by atoms with Gasteiger partial charge in [-0.25, -0.2) is 9.97 Å². The van der Waals surface area contributed by atoms with Crippen LogP contribution in [0.4, 0.5) is 17.3 Å². The third-order valence-corrected chi connectivity index (χ3v) is 4.55. The summed E-state index contributed by atoms with van der Waals surface area (Å²) < 4.78 is 26.7. The van der Waals surface area contributed by atoms with Gasteiger partial charge in [-0.3, -0.25) is 10.1 Å². The molecule has 0 amide bonds. The zero-order valence-corrected chi connectivity index (χ0v) is 17.5. The van der Waals surface area contributed by atoms with Crippen molar-refractivity contribution in [2.24, 2.45) is 0 Å². The van der Waals surface area contributed by atoms with E-state index in [4.69, 9.17) is 23.7 Å². The smallest absolute Gasteiger partial charge is 0.353 e. The van der Waals surface area contributed by atoms with Gasteiger partial charge < -0.3 is 34.3 Å². The number of nitrogens with one attached hydrogen (secondary N) is 2. The van der Waals surface area contributed by atoms with E-state index in [0.29, 0.717) is 43.4 Å². The van der Waals surface area contributed by atoms with Crippen molar-refractivity contribution >= 4 is 17.3 Å². The summed E-state index contributed by atoms with van der Waals surface area (Å²) in [5.41, 5.74) is 0.510. The first kappa shape index (κ1) is 22.3. The van der Waals surface area contributed by atoms with Gasteiger partial charge in [-0.1, -0.05) is 0 Å². The van der Waals surface area contributed by atoms with E-state index in [1.54, 1.807) is 12.1 Å². The summed E-state index contributed by atoms with van der Waals surface area (Å²) >= 11 is 0. The lowest BCUT2D eigenvalue weighted by molar-refractivity contribution is -0.383. The van der Waals surface area contributed by atoms with Crippen molar-refractivity contribution in [3.05, 3.63) is 34.1 Å². The van der Waals surface area contributed by atoms with Crippen molar-refractivity contribution in [2.75, 3.05) is 51.7 Å². The molecule has 3 rings (SSSR count). The van der Waals surface area contributed by atoms with Gasteiger partial charge in [-0.15, -0.1) is 0 Å². The third kappa shape index (κ3) is 5.41. The third-order valence-electron chi connectivity index (χ3n) is 4.55. The Morgan fingerprint density at radius 2 is 1.68 bits per heavy atom. The molecule has 0 saturated carbocycles. The molecule has 168 valence electrons. The number of hydrogen-bond acceptors (Lipinski definition) is 11. The summed E-state index contributed by atoms with van der Waals surface area (Å²) in [5.74, 6) is 1.63. The van der Waals surface area contributed by atoms with Crippen LogP contribution in [0.3, 0.4) is 0 Å². The minimum absolute atomic E-state index is 0.0876. The molecule has 12 nitrogen and oxygen atoms in total. The SMILES string of the molecule is COc1cc(CNc2ncnc(NCCC3OCCO3)c2[N+](=O)[O-])cc(OC)c1OC. The molecule has 0 radical (unpaired) electrons. The van der Waals surface area contributed by atoms with Crippen LogP contribution in [-0.2, 0) is 16.0 Å². The maximum Gasteiger partial charge on any atom is 0.353 e. The van der Waals surface area contributed by atoms with Gasteiger partial charge in [0.2, 0.25) is 17.4 Å². The molecule has 2 heterocycles. The molecule has 1 aromatic carbocycles. The Morgan fingerprint density at radius 1 is 1.06 bits per heavy atom. The van der Waals surface area contributed by atoms with Crippen LogP contribution in [0.1, 0.15) is 12.0 Å². The number of anilines is 2. The summed E-state index contributed by atoms with van der Waals surface area (Å²) in [6.45, 7) is 1.73. The number of benzene rings is 1. The van der Waals surface area contributed by atoms with Gasteiger partial charge in [0.15, 0.2) is 17.8 Å². The fourth-order valence-electron chi connectivity index (χ4n) is 3.12. The molecule has 2 aromatic rings. The normalized spacial score (nSPS) is 13.6. The molecule has 1 aliphatic rings. The highest BCUT2D eigenvalue weighted by molar-refractivity contribution is 5.69. The van der Waals surface area contributed by atoms with Crippen molar-refractivity contribution in [3.8, 4) is 17.2 Å². The van der Waals surface area contributed by atoms with E-state index < -0.39 is 4.92 Å². The first-order chi connectivity index (χ1) is 15.1. The molecule has 12 heteroatoms. The molecule has 1 aliphatic heterocycles. The number of rotatable bonds is 11. The maximum atomic E-state index is 11.7. The molecule has 1 fully saturated rings. The molecule has 31 heavy (non-hydrogen) atoms. The van der Waals surface area contributed by atoms with Crippen LogP contribution in [0, 0.1) is 10.1 Å². The average Bonchev–Trinajstić information content (AvgIpc) is 3.30. The fraction of sp³-hybridized carbons (Fsp3) is 0.474. The molecule has 0 spiro atoms. The van der Waals surface area contributed by atoms with E-state index >= 15 is 0 Å². The number of aromatic nitrogens is 2. The lowest BCUT2D eigenvalue weighted by Gasteiger charge is -2.15. The van der Waals surface area contributed by atoms with Gasteiger partial charge in [0.25, 0.3) is 0 Å². The predicted molar refractivity (Wildman–Crippen MR) is 111 cm³/mol. The van der Waals surface area contributed by atoms with Crippen molar-refractivity contribution in [1.82, 2.24) is 9.97 Å². The zero-order chi connectivity index (χ0) is 22.2. The zero-order valence-electron chi connectivity index (χ0n) is 17.5. The van der Waals surface area contributed by atoms with Gasteiger partial charge >= 0.3 is 5.69 Å². The molecule has 2 N–H and O–H groups in total. The number of nitro groups is 1. The van der Waals surface area contributed by atoms with Crippen LogP contribution in [0.5, 0.6) is 17.2 Å². The second-order valence-electron chi connectivity index (χ2n) is 6.45. The molecular formula is C19H25N5O7. The van der Waals surface area contributed by atoms with Crippen LogP contribution in [0.15, 0.2) is 18.5 Å². The highest BCUT2D eigenvalue weighted by Gasteiger charge is 2.24. The standard InChI is InChI=1S/C19H25N5O7/c1-27-13-8-12(9-14(28-2)17(13)29-3)10-21-19-16(24(25)26)18(22-11-23-19)20-5-4-15-30-6-7-31-15/h8-9,11,15H,4-7,10H2,1-3H3,(H2,20,21,22,23). The molecule has 1 aromatic heterocycles. The van der Waals surface area contributed by atoms with Crippen molar-refractivity contribution in [3.63, 3.8) is 0 Å². The second-order valence-corrected chi connectivity index (χ2v) is 6.45. The maximum absolute atomic E-state index is 11.7. The minimum Gasteiger partial charge on any atom is -0.493 e. The Kier molecular flexibility index (Phi) is 7.62. The summed E-state index contributed by atoms with van der Waals surface area (Å²) in [4.78, 5) is 19.2. The molecule has 0 bridgehead atoms. The molecular weight excluding hydrogens is 410 g/mol. The Labute approximate surface area is 179 Å². The Hall–Kier alpha value is -3.38. The fourth-order valence-corrected chi connectivity index (χ4v) is 3.12. The molecule has 1 saturated heterocycles. The highest BCUT2D eigenvalue weighted by Crippen LogP contribution is 2.38. The van der Waals surface area contributed by atoms with E-state index in [0.717, 1.165) is 5.56 Å². The van der Waals surface area contributed by atoms with Crippen LogP contribution in [0.2, 0.25) is 0 Å². The van der Waals surface area contributed by atoms with Crippen LogP contribution >= 0.6 is 0 Å². The van der Waals surface area contributed by atoms with E-state index in [9.17, 15) is 10.1 Å². The van der Waals surface area contributed by atoms with Crippen LogP contribution in [0.25, 0.3) is 0 Å². The minimum atomic E-state index is -0.525. The first-order valence-corrected chi connectivity index (χ1v) is 9.56. The number of hydrogen-bond donors (Lipinski definition) is 2. The van der Waals surface area contributed by atoms with E-state index in [1.165, 1.54) is 27.7 Å². The number of methoxy groups -OCH3 is 3.